The molecule has 0 aliphatic heterocycles. The van der Waals surface area contributed by atoms with Crippen molar-refractivity contribution in [2.24, 2.45) is 12.8 Å². The first-order chi connectivity index (χ1) is 8.65. The first-order valence-electron chi connectivity index (χ1n) is 5.57. The van der Waals surface area contributed by atoms with Gasteiger partial charge in [-0.2, -0.15) is 5.10 Å². The van der Waals surface area contributed by atoms with E-state index in [0.29, 0.717) is 11.3 Å². The van der Waals surface area contributed by atoms with Crippen LogP contribution in [0.15, 0.2) is 35.1 Å². The van der Waals surface area contributed by atoms with Crippen molar-refractivity contribution in [2.45, 2.75) is 6.54 Å². The van der Waals surface area contributed by atoms with Gasteiger partial charge in [-0.05, 0) is 18.2 Å². The molecule has 2 aromatic rings. The predicted molar refractivity (Wildman–Crippen MR) is 69.4 cm³/mol. The molecule has 18 heavy (non-hydrogen) atoms. The van der Waals surface area contributed by atoms with Crippen LogP contribution in [-0.4, -0.2) is 16.9 Å². The molecule has 1 aromatic heterocycles. The Bertz CT molecular complexity index is 620. The zero-order chi connectivity index (χ0) is 13.1. The van der Waals surface area contributed by atoms with Crippen molar-refractivity contribution in [3.05, 3.63) is 46.2 Å². The van der Waals surface area contributed by atoms with Crippen molar-refractivity contribution in [1.29, 1.82) is 0 Å². The molecular weight excluding hydrogens is 230 g/mol. The summed E-state index contributed by atoms with van der Waals surface area (Å²) >= 11 is 0. The van der Waals surface area contributed by atoms with Crippen LogP contribution in [0, 0.1) is 0 Å². The summed E-state index contributed by atoms with van der Waals surface area (Å²) in [5.41, 5.74) is 7.53. The van der Waals surface area contributed by atoms with Crippen LogP contribution in [0.4, 0.5) is 0 Å². The third kappa shape index (κ3) is 2.26. The second-order valence-electron chi connectivity index (χ2n) is 3.92. The summed E-state index contributed by atoms with van der Waals surface area (Å²) in [6, 6.07) is 9.23. The normalized spacial score (nSPS) is 10.4. The standard InChI is InChI=1S/C13H15N3O2/c1-16-13(17)10(8-14)7-12(15-16)9-4-3-5-11(6-9)18-2/h3-7H,8,14H2,1-2H3. The van der Waals surface area contributed by atoms with Crippen molar-refractivity contribution < 1.29 is 4.74 Å². The highest BCUT2D eigenvalue weighted by atomic mass is 16.5. The highest BCUT2D eigenvalue weighted by Crippen LogP contribution is 2.21. The third-order valence-electron chi connectivity index (χ3n) is 2.72. The lowest BCUT2D eigenvalue weighted by molar-refractivity contribution is 0.415. The lowest BCUT2D eigenvalue weighted by Gasteiger charge is -2.07. The number of aromatic nitrogens is 2. The lowest BCUT2D eigenvalue weighted by Crippen LogP contribution is -2.25. The zero-order valence-corrected chi connectivity index (χ0v) is 10.4. The van der Waals surface area contributed by atoms with E-state index in [-0.39, 0.29) is 12.1 Å². The molecule has 0 fully saturated rings. The average molecular weight is 245 g/mol. The highest BCUT2D eigenvalue weighted by Gasteiger charge is 2.07. The van der Waals surface area contributed by atoms with E-state index in [1.807, 2.05) is 24.3 Å². The van der Waals surface area contributed by atoms with Gasteiger partial charge < -0.3 is 10.5 Å². The summed E-state index contributed by atoms with van der Waals surface area (Å²) < 4.78 is 6.47. The minimum atomic E-state index is -0.163. The van der Waals surface area contributed by atoms with Gasteiger partial charge in [-0.1, -0.05) is 12.1 Å². The maximum atomic E-state index is 11.7. The smallest absolute Gasteiger partial charge is 0.271 e. The molecule has 0 spiro atoms. The molecule has 1 aromatic carbocycles. The SMILES string of the molecule is COc1cccc(-c2cc(CN)c(=O)n(C)n2)c1. The van der Waals surface area contributed by atoms with Gasteiger partial charge >= 0.3 is 0 Å². The fourth-order valence-electron chi connectivity index (χ4n) is 1.74. The summed E-state index contributed by atoms with van der Waals surface area (Å²) in [5.74, 6) is 0.748. The Morgan fingerprint density at radius 1 is 1.39 bits per heavy atom. The molecule has 2 rings (SSSR count). The predicted octanol–water partition coefficient (Wildman–Crippen LogP) is 0.915. The first kappa shape index (κ1) is 12.3. The third-order valence-corrected chi connectivity index (χ3v) is 2.72. The highest BCUT2D eigenvalue weighted by molar-refractivity contribution is 5.61. The number of nitrogens with two attached hydrogens (primary N) is 1. The second-order valence-corrected chi connectivity index (χ2v) is 3.92. The molecule has 0 bridgehead atoms. The molecule has 0 radical (unpaired) electrons. The topological polar surface area (TPSA) is 70.1 Å². The molecule has 0 unspecified atom stereocenters. The van der Waals surface area contributed by atoms with Crippen molar-refractivity contribution in [3.8, 4) is 17.0 Å². The van der Waals surface area contributed by atoms with Gasteiger partial charge in [0.15, 0.2) is 0 Å². The molecule has 2 N–H and O–H groups in total. The van der Waals surface area contributed by atoms with E-state index >= 15 is 0 Å². The van der Waals surface area contributed by atoms with Gasteiger partial charge in [0.25, 0.3) is 5.56 Å². The Labute approximate surface area is 105 Å². The minimum Gasteiger partial charge on any atom is -0.497 e. The van der Waals surface area contributed by atoms with Gasteiger partial charge in [-0.25, -0.2) is 4.68 Å². The lowest BCUT2D eigenvalue weighted by atomic mass is 10.1. The molecule has 0 aliphatic rings. The van der Waals surface area contributed by atoms with Crippen LogP contribution in [0.25, 0.3) is 11.3 Å². The molecule has 0 saturated carbocycles. The second kappa shape index (κ2) is 5.01. The number of hydrogen-bond donors (Lipinski definition) is 1. The Morgan fingerprint density at radius 3 is 2.83 bits per heavy atom. The van der Waals surface area contributed by atoms with E-state index in [2.05, 4.69) is 5.10 Å². The van der Waals surface area contributed by atoms with E-state index < -0.39 is 0 Å². The van der Waals surface area contributed by atoms with E-state index in [9.17, 15) is 4.79 Å². The van der Waals surface area contributed by atoms with E-state index in [4.69, 9.17) is 10.5 Å². The maximum absolute atomic E-state index is 11.7. The summed E-state index contributed by atoms with van der Waals surface area (Å²) in [5, 5.41) is 4.22. The average Bonchev–Trinajstić information content (AvgIpc) is 2.41. The van der Waals surface area contributed by atoms with Gasteiger partial charge in [0.1, 0.15) is 5.75 Å². The molecule has 1 heterocycles. The van der Waals surface area contributed by atoms with Crippen LogP contribution in [0.2, 0.25) is 0 Å². The fourth-order valence-corrected chi connectivity index (χ4v) is 1.74. The number of methoxy groups -OCH3 is 1. The summed E-state index contributed by atoms with van der Waals surface area (Å²) in [6.07, 6.45) is 0. The summed E-state index contributed by atoms with van der Waals surface area (Å²) in [6.45, 7) is 0.201. The molecular formula is C13H15N3O2. The largest absolute Gasteiger partial charge is 0.497 e. The quantitative estimate of drug-likeness (QED) is 0.872. The molecule has 0 saturated heterocycles. The van der Waals surface area contributed by atoms with Crippen LogP contribution < -0.4 is 16.0 Å². The number of ether oxygens (including phenoxy) is 1. The molecule has 0 atom stereocenters. The van der Waals surface area contributed by atoms with Crippen molar-refractivity contribution >= 4 is 0 Å². The van der Waals surface area contributed by atoms with Crippen LogP contribution in [0.1, 0.15) is 5.56 Å². The fraction of sp³-hybridized carbons (Fsp3) is 0.231. The number of hydrogen-bond acceptors (Lipinski definition) is 4. The van der Waals surface area contributed by atoms with Gasteiger partial charge in [0.2, 0.25) is 0 Å². The monoisotopic (exact) mass is 245 g/mol. The zero-order valence-electron chi connectivity index (χ0n) is 10.4. The number of benzene rings is 1. The van der Waals surface area contributed by atoms with Crippen LogP contribution in [0.5, 0.6) is 5.75 Å². The Hall–Kier alpha value is -2.14. The van der Waals surface area contributed by atoms with Crippen LogP contribution in [0.3, 0.4) is 0 Å². The van der Waals surface area contributed by atoms with E-state index in [0.717, 1.165) is 11.3 Å². The Morgan fingerprint density at radius 2 is 2.17 bits per heavy atom. The molecule has 5 nitrogen and oxygen atoms in total. The van der Waals surface area contributed by atoms with Gasteiger partial charge in [0.05, 0.1) is 12.8 Å². The van der Waals surface area contributed by atoms with E-state index in [1.165, 1.54) is 4.68 Å². The van der Waals surface area contributed by atoms with Crippen molar-refractivity contribution in [1.82, 2.24) is 9.78 Å². The number of nitrogens with zero attached hydrogens (tertiary/aromatic N) is 2. The molecule has 94 valence electrons. The molecule has 0 aliphatic carbocycles. The molecule has 0 amide bonds. The summed E-state index contributed by atoms with van der Waals surface area (Å²) in [7, 11) is 3.23. The summed E-state index contributed by atoms with van der Waals surface area (Å²) in [4.78, 5) is 11.7. The van der Waals surface area contributed by atoms with Gasteiger partial charge in [0, 0.05) is 24.7 Å². The van der Waals surface area contributed by atoms with Crippen LogP contribution >= 0.6 is 0 Å². The van der Waals surface area contributed by atoms with Crippen molar-refractivity contribution in [2.75, 3.05) is 7.11 Å². The van der Waals surface area contributed by atoms with Crippen molar-refractivity contribution in [3.63, 3.8) is 0 Å². The molecule has 5 heteroatoms. The van der Waals surface area contributed by atoms with Crippen LogP contribution in [-0.2, 0) is 13.6 Å². The first-order valence-corrected chi connectivity index (χ1v) is 5.57. The number of rotatable bonds is 3. The van der Waals surface area contributed by atoms with Gasteiger partial charge in [-0.15, -0.1) is 0 Å². The number of aryl methyl sites for hydroxylation is 1. The minimum absolute atomic E-state index is 0.163. The van der Waals surface area contributed by atoms with E-state index in [1.54, 1.807) is 20.2 Å². The Balaban J connectivity index is 2.56. The Kier molecular flexibility index (Phi) is 3.43. The maximum Gasteiger partial charge on any atom is 0.271 e. The van der Waals surface area contributed by atoms with Gasteiger partial charge in [-0.3, -0.25) is 4.79 Å².